The molecule has 2 N–H and O–H groups in total. The van der Waals surface area contributed by atoms with Crippen LogP contribution in [-0.2, 0) is 9.53 Å². The summed E-state index contributed by atoms with van der Waals surface area (Å²) >= 11 is 0. The van der Waals surface area contributed by atoms with Gasteiger partial charge in [0.2, 0.25) is 0 Å². The Labute approximate surface area is 104 Å². The summed E-state index contributed by atoms with van der Waals surface area (Å²) in [5, 5.41) is 12.7. The summed E-state index contributed by atoms with van der Waals surface area (Å²) < 4.78 is 5.15. The van der Waals surface area contributed by atoms with E-state index in [1.807, 2.05) is 13.8 Å². The zero-order chi connectivity index (χ0) is 12.7. The molecule has 0 aromatic rings. The van der Waals surface area contributed by atoms with E-state index < -0.39 is 6.10 Å². The molecule has 4 heteroatoms. The van der Waals surface area contributed by atoms with Crippen molar-refractivity contribution in [1.29, 1.82) is 0 Å². The van der Waals surface area contributed by atoms with E-state index in [1.165, 1.54) is 6.42 Å². The van der Waals surface area contributed by atoms with E-state index in [1.54, 1.807) is 0 Å². The summed E-state index contributed by atoms with van der Waals surface area (Å²) in [7, 11) is 0. The van der Waals surface area contributed by atoms with Gasteiger partial charge in [0.05, 0.1) is 5.92 Å². The van der Waals surface area contributed by atoms with Gasteiger partial charge in [0.1, 0.15) is 12.7 Å². The first-order valence-electron chi connectivity index (χ1n) is 6.67. The maximum Gasteiger partial charge on any atom is 0.309 e. The van der Waals surface area contributed by atoms with E-state index in [-0.39, 0.29) is 18.5 Å². The van der Waals surface area contributed by atoms with Crippen molar-refractivity contribution in [3.05, 3.63) is 0 Å². The predicted molar refractivity (Wildman–Crippen MR) is 66.7 cm³/mol. The van der Waals surface area contributed by atoms with Crippen LogP contribution in [0.5, 0.6) is 0 Å². The van der Waals surface area contributed by atoms with Gasteiger partial charge >= 0.3 is 5.97 Å². The molecule has 1 rings (SSSR count). The number of nitrogens with one attached hydrogen (secondary N) is 1. The Morgan fingerprint density at radius 2 is 2.00 bits per heavy atom. The highest BCUT2D eigenvalue weighted by Gasteiger charge is 2.23. The second-order valence-electron chi connectivity index (χ2n) is 5.18. The Hall–Kier alpha value is -0.610. The van der Waals surface area contributed by atoms with Crippen LogP contribution in [0.3, 0.4) is 0 Å². The van der Waals surface area contributed by atoms with E-state index in [9.17, 15) is 9.90 Å². The zero-order valence-corrected chi connectivity index (χ0v) is 10.9. The first-order chi connectivity index (χ1) is 8.09. The molecule has 1 atom stereocenters. The molecule has 1 fully saturated rings. The molecule has 1 aliphatic carbocycles. The van der Waals surface area contributed by atoms with Crippen LogP contribution in [0.1, 0.15) is 46.0 Å². The van der Waals surface area contributed by atoms with Gasteiger partial charge in [-0.1, -0.05) is 33.1 Å². The molecule has 0 spiro atoms. The molecule has 100 valence electrons. The number of hydrogen-bond donors (Lipinski definition) is 2. The van der Waals surface area contributed by atoms with Crippen LogP contribution in [0.2, 0.25) is 0 Å². The van der Waals surface area contributed by atoms with Gasteiger partial charge < -0.3 is 15.2 Å². The van der Waals surface area contributed by atoms with Crippen LogP contribution in [0, 0.1) is 5.92 Å². The van der Waals surface area contributed by atoms with E-state index in [0.717, 1.165) is 25.7 Å². The van der Waals surface area contributed by atoms with Crippen molar-refractivity contribution >= 4 is 5.97 Å². The first-order valence-corrected chi connectivity index (χ1v) is 6.67. The second kappa shape index (κ2) is 7.67. The molecule has 0 saturated heterocycles. The first kappa shape index (κ1) is 14.5. The summed E-state index contributed by atoms with van der Waals surface area (Å²) in [6.07, 6.45) is 4.75. The van der Waals surface area contributed by atoms with Crippen molar-refractivity contribution in [3.63, 3.8) is 0 Å². The minimum atomic E-state index is -0.607. The molecule has 17 heavy (non-hydrogen) atoms. The lowest BCUT2D eigenvalue weighted by Gasteiger charge is -2.21. The molecule has 0 unspecified atom stereocenters. The minimum absolute atomic E-state index is 0.0639. The van der Waals surface area contributed by atoms with Crippen LogP contribution >= 0.6 is 0 Å². The Morgan fingerprint density at radius 1 is 1.35 bits per heavy atom. The predicted octanol–water partition coefficient (Wildman–Crippen LogP) is 1.47. The van der Waals surface area contributed by atoms with Crippen LogP contribution in [0.4, 0.5) is 0 Å². The fourth-order valence-corrected chi connectivity index (χ4v) is 2.07. The average molecular weight is 243 g/mol. The highest BCUT2D eigenvalue weighted by molar-refractivity contribution is 5.72. The lowest BCUT2D eigenvalue weighted by atomic mass is 9.89. The van der Waals surface area contributed by atoms with E-state index >= 15 is 0 Å². The number of carbonyl (C=O) groups excluding carboxylic acids is 1. The highest BCUT2D eigenvalue weighted by atomic mass is 16.5. The summed E-state index contributed by atoms with van der Waals surface area (Å²) in [6, 6.07) is 0.332. The second-order valence-corrected chi connectivity index (χ2v) is 5.18. The van der Waals surface area contributed by atoms with Gasteiger partial charge in [-0.05, 0) is 12.8 Å². The third-order valence-corrected chi connectivity index (χ3v) is 3.12. The lowest BCUT2D eigenvalue weighted by Crippen LogP contribution is -2.35. The lowest BCUT2D eigenvalue weighted by molar-refractivity contribution is -0.152. The van der Waals surface area contributed by atoms with Gasteiger partial charge in [0.25, 0.3) is 0 Å². The van der Waals surface area contributed by atoms with Crippen LogP contribution < -0.4 is 5.32 Å². The average Bonchev–Trinajstić information content (AvgIpc) is 2.34. The molecule has 0 aromatic carbocycles. The Balaban J connectivity index is 2.13. The zero-order valence-electron chi connectivity index (χ0n) is 10.9. The Kier molecular flexibility index (Phi) is 6.52. The van der Waals surface area contributed by atoms with Crippen molar-refractivity contribution in [3.8, 4) is 0 Å². The van der Waals surface area contributed by atoms with Gasteiger partial charge in [-0.15, -0.1) is 0 Å². The smallest absolute Gasteiger partial charge is 0.309 e. The number of carbonyl (C=O) groups is 1. The monoisotopic (exact) mass is 243 g/mol. The number of ether oxygens (including phenoxy) is 1. The number of aliphatic hydroxyl groups is 1. The highest BCUT2D eigenvalue weighted by Crippen LogP contribution is 2.24. The molecule has 0 aliphatic heterocycles. The van der Waals surface area contributed by atoms with Crippen molar-refractivity contribution < 1.29 is 14.6 Å². The van der Waals surface area contributed by atoms with Gasteiger partial charge in [0, 0.05) is 12.6 Å². The molecule has 0 bridgehead atoms. The third kappa shape index (κ3) is 6.03. The van der Waals surface area contributed by atoms with Crippen LogP contribution in [0.15, 0.2) is 0 Å². The fourth-order valence-electron chi connectivity index (χ4n) is 2.07. The van der Waals surface area contributed by atoms with Crippen molar-refractivity contribution in [2.75, 3.05) is 13.2 Å². The van der Waals surface area contributed by atoms with E-state index in [0.29, 0.717) is 12.6 Å². The van der Waals surface area contributed by atoms with Crippen molar-refractivity contribution in [1.82, 2.24) is 5.32 Å². The number of esters is 1. The standard InChI is InChI=1S/C13H25NO3/c1-10(2)14-8-12(15)9-17-13(16)11-6-4-3-5-7-11/h10-12,14-15H,3-9H2,1-2H3/t12-/m0/s1. The quantitative estimate of drug-likeness (QED) is 0.694. The van der Waals surface area contributed by atoms with E-state index in [4.69, 9.17) is 4.74 Å². The molecule has 0 amide bonds. The van der Waals surface area contributed by atoms with Gasteiger partial charge in [0.15, 0.2) is 0 Å². The molecular formula is C13H25NO3. The van der Waals surface area contributed by atoms with E-state index in [2.05, 4.69) is 5.32 Å². The van der Waals surface area contributed by atoms with Gasteiger partial charge in [-0.3, -0.25) is 4.79 Å². The molecule has 0 aromatic heterocycles. The maximum atomic E-state index is 11.7. The third-order valence-electron chi connectivity index (χ3n) is 3.12. The SMILES string of the molecule is CC(C)NC[C@H](O)COC(=O)C1CCCCC1. The molecule has 1 aliphatic rings. The van der Waals surface area contributed by atoms with Crippen molar-refractivity contribution in [2.45, 2.75) is 58.1 Å². The summed E-state index contributed by atoms with van der Waals surface area (Å²) in [6.45, 7) is 4.60. The normalized spacial score (nSPS) is 19.3. The molecular weight excluding hydrogens is 218 g/mol. The maximum absolute atomic E-state index is 11.7. The summed E-state index contributed by atoms with van der Waals surface area (Å²) in [4.78, 5) is 11.7. The number of rotatable bonds is 6. The number of aliphatic hydroxyl groups excluding tert-OH is 1. The summed E-state index contributed by atoms with van der Waals surface area (Å²) in [5.74, 6) is -0.0673. The number of hydrogen-bond acceptors (Lipinski definition) is 4. The largest absolute Gasteiger partial charge is 0.463 e. The molecule has 4 nitrogen and oxygen atoms in total. The fraction of sp³-hybridized carbons (Fsp3) is 0.923. The molecule has 1 saturated carbocycles. The van der Waals surface area contributed by atoms with Gasteiger partial charge in [-0.2, -0.15) is 0 Å². The Morgan fingerprint density at radius 3 is 2.59 bits per heavy atom. The van der Waals surface area contributed by atoms with Gasteiger partial charge in [-0.25, -0.2) is 0 Å². The van der Waals surface area contributed by atoms with Crippen LogP contribution in [-0.4, -0.2) is 36.4 Å². The minimum Gasteiger partial charge on any atom is -0.463 e. The summed E-state index contributed by atoms with van der Waals surface area (Å²) in [5.41, 5.74) is 0. The molecule has 0 radical (unpaired) electrons. The molecule has 0 heterocycles. The van der Waals surface area contributed by atoms with Crippen molar-refractivity contribution in [2.24, 2.45) is 5.92 Å². The Bertz CT molecular complexity index is 225. The van der Waals surface area contributed by atoms with Crippen LogP contribution in [0.25, 0.3) is 0 Å². The topological polar surface area (TPSA) is 58.6 Å².